The Morgan fingerprint density at radius 2 is 0.663 bits per heavy atom. The van der Waals surface area contributed by atoms with E-state index in [-0.39, 0.29) is 66.1 Å². The molecule has 3 aromatic heterocycles. The van der Waals surface area contributed by atoms with Gasteiger partial charge in [0, 0.05) is 46.1 Å². The third-order valence-electron chi connectivity index (χ3n) is 20.4. The average Bonchev–Trinajstić information content (AvgIpc) is 1.25. The molecular formula is C86H70N6O8Zn. The van der Waals surface area contributed by atoms with Crippen molar-refractivity contribution in [2.24, 2.45) is 11.8 Å². The van der Waals surface area contributed by atoms with Crippen molar-refractivity contribution >= 4 is 103 Å². The first-order valence-corrected chi connectivity index (χ1v) is 34.5. The number of aromatic nitrogens is 4. The maximum Gasteiger partial charge on any atom is 2.00 e. The molecule has 0 saturated heterocycles. The second-order valence-corrected chi connectivity index (χ2v) is 26.3. The number of rotatable bonds is 20. The van der Waals surface area contributed by atoms with Crippen molar-refractivity contribution in [3.05, 3.63) is 238 Å². The maximum absolute atomic E-state index is 14.3. The molecule has 8 aromatic carbocycles. The standard InChI is InChI=1S/C86H72N6O8.Zn/c1-5-9-13-49(7-3)47-91-81(93)63-17-11-15-61-59(35-37-65(79(61)63)83(91)95)51-19-23-53(24-20-51)75-67-39-43-71(87-67)77(55-27-31-57(32-28-55)85(97)98)73-45-41-69(89-73)76(70-42-46-74(90-70)78(72-44-40-68(75)88-72)56-29-33-58(34-30-56)86(99)100)54-25-21-52(22-26-54)60-36-38-66-80-62(60)16-12-18-64(80)82(94)92(84(66)96)48-50(8-4)14-10-6-2;/h11-12,15-46,49-50H,5-10,13-14,47-48H2,1-4H3,(H4,87,88,89,90,93,94,95,96,97,98,99,100);/q;+2/p-2. The minimum Gasteiger partial charge on any atom is -0.657 e. The Kier molecular flexibility index (Phi) is 18.4. The van der Waals surface area contributed by atoms with Crippen LogP contribution in [-0.4, -0.2) is 78.6 Å². The Morgan fingerprint density at radius 1 is 0.376 bits per heavy atom. The molecule has 15 heteroatoms. The molecule has 2 N–H and O–H groups in total. The monoisotopic (exact) mass is 1380 g/mol. The molecule has 8 bridgehead atoms. The van der Waals surface area contributed by atoms with Gasteiger partial charge in [0.25, 0.3) is 23.6 Å². The van der Waals surface area contributed by atoms with Gasteiger partial charge in [-0.3, -0.25) is 29.0 Å². The van der Waals surface area contributed by atoms with Gasteiger partial charge in [0.05, 0.1) is 33.9 Å². The molecule has 0 aliphatic carbocycles. The number of carboxylic acids is 2. The van der Waals surface area contributed by atoms with Crippen molar-refractivity contribution in [1.29, 1.82) is 0 Å². The number of carboxylic acid groups (broad SMARTS) is 2. The van der Waals surface area contributed by atoms with Crippen LogP contribution in [-0.2, 0) is 19.5 Å². The smallest absolute Gasteiger partial charge is 0.657 e. The van der Waals surface area contributed by atoms with Gasteiger partial charge in [-0.25, -0.2) is 19.6 Å². The fraction of sp³-hybridized carbons (Fsp3) is 0.186. The summed E-state index contributed by atoms with van der Waals surface area (Å²) >= 11 is 0. The summed E-state index contributed by atoms with van der Waals surface area (Å²) in [5.41, 5.74) is 15.9. The van der Waals surface area contributed by atoms with Crippen LogP contribution >= 0.6 is 0 Å². The van der Waals surface area contributed by atoms with E-state index in [2.05, 4.69) is 27.7 Å². The Bertz CT molecular complexity index is 5090. The molecule has 4 amide bonds. The zero-order valence-electron chi connectivity index (χ0n) is 56.6. The minimum absolute atomic E-state index is 0. The maximum atomic E-state index is 14.3. The second-order valence-electron chi connectivity index (χ2n) is 26.3. The van der Waals surface area contributed by atoms with Gasteiger partial charge in [0.2, 0.25) is 0 Å². The molecule has 0 fully saturated rings. The number of nitrogens with zero attached hydrogens (tertiary/aromatic N) is 6. The molecule has 2 atom stereocenters. The molecule has 0 saturated carbocycles. The van der Waals surface area contributed by atoms with Crippen LogP contribution in [0.3, 0.4) is 0 Å². The molecular weight excluding hydrogens is 1310 g/mol. The van der Waals surface area contributed by atoms with Gasteiger partial charge in [-0.2, -0.15) is 0 Å². The van der Waals surface area contributed by atoms with Crippen LogP contribution in [0.15, 0.2) is 182 Å². The summed E-state index contributed by atoms with van der Waals surface area (Å²) in [7, 11) is 0. The van der Waals surface area contributed by atoms with E-state index >= 15 is 0 Å². The predicted octanol–water partition coefficient (Wildman–Crippen LogP) is 19.2. The first-order chi connectivity index (χ1) is 48.7. The second kappa shape index (κ2) is 27.8. The van der Waals surface area contributed by atoms with Crippen LogP contribution in [0.4, 0.5) is 0 Å². The molecule has 2 unspecified atom stereocenters. The summed E-state index contributed by atoms with van der Waals surface area (Å²) < 4.78 is 0. The number of amides is 4. The van der Waals surface area contributed by atoms with Crippen molar-refractivity contribution in [3.8, 4) is 66.8 Å². The van der Waals surface area contributed by atoms with E-state index in [1.807, 2.05) is 158 Å². The van der Waals surface area contributed by atoms with E-state index in [9.17, 15) is 39.0 Å². The first-order valence-electron chi connectivity index (χ1n) is 34.5. The normalized spacial score (nSPS) is 13.7. The van der Waals surface area contributed by atoms with Crippen LogP contribution in [0.25, 0.3) is 135 Å². The summed E-state index contributed by atoms with van der Waals surface area (Å²) in [5, 5.41) is 23.0. The third-order valence-corrected chi connectivity index (χ3v) is 20.4. The fourth-order valence-corrected chi connectivity index (χ4v) is 14.9. The SMILES string of the molecule is CCCCC(CC)CN1C(=O)c2cccc3c(-c4ccc(-c5c6nc(c(-c7ccc(C(=O)O)cc7)c7ccc([n-]7)c(-c7ccc(-c8ccc9c%10c(cccc8%10)C(=O)N(CC(CC)CCCC)C9=O)cc7)c7nc(c(-c8ccc(C(=O)O)cc8)c8ccc5[n-]8)C=C7)C=C6)cc4)ccc(c23)C1=O.[Zn+2]. The van der Waals surface area contributed by atoms with Crippen molar-refractivity contribution < 1.29 is 58.5 Å². The van der Waals surface area contributed by atoms with E-state index in [4.69, 9.17) is 19.9 Å². The number of fused-ring (bicyclic) bond motifs is 8. The molecule has 14 nitrogen and oxygen atoms in total. The first kappa shape index (κ1) is 66.9. The summed E-state index contributed by atoms with van der Waals surface area (Å²) in [6, 6.07) is 56.3. The molecule has 15 rings (SSSR count). The Morgan fingerprint density at radius 3 is 0.960 bits per heavy atom. The Labute approximate surface area is 596 Å². The number of carbonyl (C=O) groups excluding carboxylic acids is 4. The zero-order chi connectivity index (χ0) is 69.0. The number of hydrogen-bond donors (Lipinski definition) is 2. The number of benzene rings is 8. The molecule has 494 valence electrons. The summed E-state index contributed by atoms with van der Waals surface area (Å²) in [4.78, 5) is 106. The molecule has 11 aromatic rings. The summed E-state index contributed by atoms with van der Waals surface area (Å²) in [6.45, 7) is 9.28. The van der Waals surface area contributed by atoms with Crippen LogP contribution in [0.2, 0.25) is 0 Å². The fourth-order valence-electron chi connectivity index (χ4n) is 14.9. The van der Waals surface area contributed by atoms with Gasteiger partial charge in [0.15, 0.2) is 0 Å². The molecule has 101 heavy (non-hydrogen) atoms. The number of imide groups is 2. The Balaban J connectivity index is 0.00000866. The van der Waals surface area contributed by atoms with E-state index in [1.165, 1.54) is 9.80 Å². The van der Waals surface area contributed by atoms with Crippen molar-refractivity contribution in [1.82, 2.24) is 29.7 Å². The molecule has 4 aliphatic rings. The van der Waals surface area contributed by atoms with Crippen LogP contribution < -0.4 is 9.97 Å². The van der Waals surface area contributed by atoms with Crippen molar-refractivity contribution in [2.75, 3.05) is 13.1 Å². The third kappa shape index (κ3) is 12.1. The van der Waals surface area contributed by atoms with Gasteiger partial charge in [-0.05, 0) is 175 Å². The largest absolute Gasteiger partial charge is 2.00 e. The molecule has 0 spiro atoms. The van der Waals surface area contributed by atoms with Gasteiger partial charge in [0.1, 0.15) is 0 Å². The number of unbranched alkanes of at least 4 members (excludes halogenated alkanes) is 2. The van der Waals surface area contributed by atoms with E-state index in [0.717, 1.165) is 95.5 Å². The van der Waals surface area contributed by atoms with Crippen molar-refractivity contribution in [3.63, 3.8) is 0 Å². The van der Waals surface area contributed by atoms with Gasteiger partial charge >= 0.3 is 31.4 Å². The van der Waals surface area contributed by atoms with Gasteiger partial charge in [-0.15, -0.1) is 22.1 Å². The number of aromatic carboxylic acids is 2. The topological polar surface area (TPSA) is 203 Å². The summed E-state index contributed by atoms with van der Waals surface area (Å²) in [5.74, 6) is -2.80. The number of hydrogen-bond acceptors (Lipinski definition) is 8. The summed E-state index contributed by atoms with van der Waals surface area (Å²) in [6.07, 6.45) is 15.5. The van der Waals surface area contributed by atoms with Crippen molar-refractivity contribution in [2.45, 2.75) is 79.1 Å². The average molecular weight is 1380 g/mol. The zero-order valence-corrected chi connectivity index (χ0v) is 59.6. The van der Waals surface area contributed by atoms with Crippen LogP contribution in [0.5, 0.6) is 0 Å². The molecule has 0 radical (unpaired) electrons. The number of carbonyl (C=O) groups is 6. The van der Waals surface area contributed by atoms with Gasteiger partial charge in [-0.1, -0.05) is 200 Å². The van der Waals surface area contributed by atoms with Crippen LogP contribution in [0, 0.1) is 11.8 Å². The van der Waals surface area contributed by atoms with Gasteiger partial charge < -0.3 is 20.2 Å². The molecule has 7 heterocycles. The predicted molar refractivity (Wildman–Crippen MR) is 396 cm³/mol. The van der Waals surface area contributed by atoms with E-state index < -0.39 is 11.9 Å². The van der Waals surface area contributed by atoms with E-state index in [0.29, 0.717) is 124 Å². The van der Waals surface area contributed by atoms with E-state index in [1.54, 1.807) is 48.5 Å². The minimum atomic E-state index is -1.06. The quantitative estimate of drug-likeness (QED) is 0.0540. The Hall–Kier alpha value is -11.3. The van der Waals surface area contributed by atoms with Crippen LogP contribution in [0.1, 0.15) is 164 Å². The molecule has 4 aliphatic heterocycles.